The zero-order valence-corrected chi connectivity index (χ0v) is 46.1. The number of cyclic esters (lactones) is 1. The number of hydrogen-bond donors (Lipinski definition) is 14. The van der Waals surface area contributed by atoms with E-state index in [2.05, 4.69) is 44.1 Å². The number of nitrogens with one attached hydrogen (secondary N) is 9. The average Bonchev–Trinajstić information content (AvgIpc) is 3.40. The van der Waals surface area contributed by atoms with Crippen molar-refractivity contribution in [1.29, 1.82) is 0 Å². The van der Waals surface area contributed by atoms with Gasteiger partial charge < -0.3 is 79.4 Å². The van der Waals surface area contributed by atoms with E-state index in [-0.39, 0.29) is 18.6 Å². The molecule has 0 bridgehead atoms. The summed E-state index contributed by atoms with van der Waals surface area (Å²) >= 11 is 0. The number of primary amides is 2. The molecule has 1 fully saturated rings. The molecule has 1 aromatic carbocycles. The second-order valence-corrected chi connectivity index (χ2v) is 20.0. The van der Waals surface area contributed by atoms with E-state index in [0.717, 1.165) is 44.9 Å². The summed E-state index contributed by atoms with van der Waals surface area (Å²) in [4.78, 5) is 185. The van der Waals surface area contributed by atoms with Crippen molar-refractivity contribution < 1.29 is 87.2 Å². The van der Waals surface area contributed by atoms with E-state index in [1.165, 1.54) is 51.5 Å². The van der Waals surface area contributed by atoms with Gasteiger partial charge in [0, 0.05) is 19.3 Å². The molecule has 16 N–H and O–H groups in total. The fraction of sp³-hybridized carbons (Fsp3) is 0.615. The molecule has 1 unspecified atom stereocenters. The summed E-state index contributed by atoms with van der Waals surface area (Å²) < 4.78 is 5.74. The summed E-state index contributed by atoms with van der Waals surface area (Å²) in [5.74, 6) is -18.0. The van der Waals surface area contributed by atoms with Crippen LogP contribution >= 0.6 is 0 Å². The average molecular weight is 1150 g/mol. The van der Waals surface area contributed by atoms with Gasteiger partial charge in [-0.25, -0.2) is 4.79 Å². The highest BCUT2D eigenvalue weighted by Crippen LogP contribution is 2.16. The molecule has 2 rings (SSSR count). The van der Waals surface area contributed by atoms with Crippen molar-refractivity contribution >= 4 is 82.9 Å². The molecule has 1 aromatic rings. The van der Waals surface area contributed by atoms with Gasteiger partial charge >= 0.3 is 17.9 Å². The first-order valence-corrected chi connectivity index (χ1v) is 26.8. The Balaban J connectivity index is 2.70. The summed E-state index contributed by atoms with van der Waals surface area (Å²) in [5, 5.41) is 49.4. The number of amides is 11. The molecule has 1 saturated heterocycles. The summed E-state index contributed by atoms with van der Waals surface area (Å²) in [6, 6.07) is -7.29. The van der Waals surface area contributed by atoms with Crippen LogP contribution < -0.4 is 59.3 Å². The van der Waals surface area contributed by atoms with Crippen LogP contribution in [0.5, 0.6) is 5.75 Å². The molecule has 81 heavy (non-hydrogen) atoms. The van der Waals surface area contributed by atoms with Crippen molar-refractivity contribution in [1.82, 2.24) is 47.9 Å². The second kappa shape index (κ2) is 36.0. The van der Waals surface area contributed by atoms with Gasteiger partial charge in [-0.05, 0) is 43.4 Å². The maximum atomic E-state index is 14.3. The van der Waals surface area contributed by atoms with Crippen molar-refractivity contribution in [3.8, 4) is 5.75 Å². The Morgan fingerprint density at radius 2 is 1.04 bits per heavy atom. The molecule has 29 heteroatoms. The number of carbonyl (C=O) groups excluding carboxylic acids is 12. The standard InChI is InChI=1S/C52H79N11O18/c1-5-6-7-8-9-10-11-12-13-14-15-39(67)62-45-29(4)81-52(80)44(28(2)3)63-50(78)33(22-30-16-18-31(64)19-17-30)57-40(68)26-55-47(75)36(25-43(72)73)61-49(77)34(23-38(54)66)58-41(69)27-56-46(74)35(24-42(70)71)60-48(76)32(59-51(45)79)20-21-37(53)65/h16-19,28-29,32-36,44-45,64H,5-15,20-27H2,1-4H3,(H2,53,65)(H2,54,66)(H,55,75)(H,56,74)(H,57,68)(H,58,69)(H,59,79)(H,60,76)(H,61,77)(H,62,67)(H,63,78)(H,70,71)(H,72,73)/t29?,32-,33+,34+,35+,36+,44+,45+/m1/s1. The summed E-state index contributed by atoms with van der Waals surface area (Å²) in [5.41, 5.74) is 11.0. The third-order valence-corrected chi connectivity index (χ3v) is 12.6. The summed E-state index contributed by atoms with van der Waals surface area (Å²) in [6.07, 6.45) is 3.11. The van der Waals surface area contributed by atoms with Gasteiger partial charge in [-0.15, -0.1) is 0 Å². The lowest BCUT2D eigenvalue weighted by Gasteiger charge is -2.30. The minimum atomic E-state index is -2.02. The van der Waals surface area contributed by atoms with Crippen molar-refractivity contribution in [2.75, 3.05) is 13.1 Å². The fourth-order valence-electron chi connectivity index (χ4n) is 8.18. The number of carboxylic acids is 2. The number of ether oxygens (including phenoxy) is 1. The van der Waals surface area contributed by atoms with Gasteiger partial charge in [0.15, 0.2) is 0 Å². The predicted molar refractivity (Wildman–Crippen MR) is 285 cm³/mol. The number of rotatable bonds is 24. The highest BCUT2D eigenvalue weighted by molar-refractivity contribution is 6.00. The molecule has 29 nitrogen and oxygen atoms in total. The Morgan fingerprint density at radius 1 is 0.580 bits per heavy atom. The second-order valence-electron chi connectivity index (χ2n) is 20.0. The number of phenolic OH excluding ortho intramolecular Hbond substituents is 1. The van der Waals surface area contributed by atoms with E-state index in [1.54, 1.807) is 0 Å². The number of unbranched alkanes of at least 4 members (excludes halogenated alkanes) is 9. The highest BCUT2D eigenvalue weighted by Gasteiger charge is 2.38. The van der Waals surface area contributed by atoms with E-state index in [4.69, 9.17) is 16.2 Å². The van der Waals surface area contributed by atoms with Gasteiger partial charge in [0.05, 0.1) is 32.4 Å². The normalized spacial score (nSPS) is 22.6. The Hall–Kier alpha value is -8.40. The lowest BCUT2D eigenvalue weighted by atomic mass is 10.0. The molecule has 1 aliphatic rings. The Labute approximate surface area is 468 Å². The molecular formula is C52H79N11O18. The molecule has 0 radical (unpaired) electrons. The molecule has 1 heterocycles. The summed E-state index contributed by atoms with van der Waals surface area (Å²) in [7, 11) is 0. The minimum Gasteiger partial charge on any atom is -0.508 e. The van der Waals surface area contributed by atoms with E-state index in [9.17, 15) is 82.4 Å². The van der Waals surface area contributed by atoms with Crippen LogP contribution in [0.15, 0.2) is 24.3 Å². The van der Waals surface area contributed by atoms with Crippen LogP contribution in [0, 0.1) is 5.92 Å². The first-order valence-electron chi connectivity index (χ1n) is 26.8. The molecular weight excluding hydrogens is 1070 g/mol. The smallest absolute Gasteiger partial charge is 0.329 e. The largest absolute Gasteiger partial charge is 0.508 e. The van der Waals surface area contributed by atoms with Crippen LogP contribution in [0.3, 0.4) is 0 Å². The Morgan fingerprint density at radius 3 is 1.52 bits per heavy atom. The first kappa shape index (κ1) is 68.7. The van der Waals surface area contributed by atoms with Crippen molar-refractivity contribution in [2.24, 2.45) is 17.4 Å². The van der Waals surface area contributed by atoms with Crippen LogP contribution in [0.2, 0.25) is 0 Å². The maximum absolute atomic E-state index is 14.3. The molecule has 450 valence electrons. The molecule has 0 spiro atoms. The predicted octanol–water partition coefficient (Wildman–Crippen LogP) is -2.44. The number of benzene rings is 1. The molecule has 11 amide bonds. The van der Waals surface area contributed by atoms with Crippen LogP contribution in [0.25, 0.3) is 0 Å². The topological polar surface area (TPSA) is 469 Å². The van der Waals surface area contributed by atoms with Crippen molar-refractivity contribution in [2.45, 2.75) is 185 Å². The number of hydrogen-bond acceptors (Lipinski definition) is 16. The first-order chi connectivity index (χ1) is 38.2. The number of aromatic hydroxyl groups is 1. The monoisotopic (exact) mass is 1150 g/mol. The molecule has 0 aliphatic carbocycles. The van der Waals surface area contributed by atoms with E-state index >= 15 is 0 Å². The summed E-state index contributed by atoms with van der Waals surface area (Å²) in [6.45, 7) is 4.33. The fourth-order valence-corrected chi connectivity index (χ4v) is 8.18. The quantitative estimate of drug-likeness (QED) is 0.0378. The maximum Gasteiger partial charge on any atom is 0.329 e. The lowest BCUT2D eigenvalue weighted by Crippen LogP contribution is -2.60. The van der Waals surface area contributed by atoms with Gasteiger partial charge in [-0.3, -0.25) is 62.3 Å². The molecule has 0 aromatic heterocycles. The number of carbonyl (C=O) groups is 14. The zero-order chi connectivity index (χ0) is 60.8. The third-order valence-electron chi connectivity index (χ3n) is 12.6. The highest BCUT2D eigenvalue weighted by atomic mass is 16.5. The van der Waals surface area contributed by atoms with Gasteiger partial charge in [-0.1, -0.05) is 90.7 Å². The number of esters is 1. The van der Waals surface area contributed by atoms with Crippen LogP contribution in [-0.2, 0) is 78.3 Å². The third kappa shape index (κ3) is 27.4. The minimum absolute atomic E-state index is 0.0963. The van der Waals surface area contributed by atoms with E-state index < -0.39 is 182 Å². The molecule has 8 atom stereocenters. The van der Waals surface area contributed by atoms with E-state index in [1.807, 2.05) is 10.6 Å². The van der Waals surface area contributed by atoms with Crippen LogP contribution in [0.1, 0.15) is 136 Å². The van der Waals surface area contributed by atoms with Crippen molar-refractivity contribution in [3.05, 3.63) is 29.8 Å². The SMILES string of the molecule is CCCCCCCCCCCCC(=O)N[C@@H]1C(=O)N[C@H](CCC(N)=O)C(=O)N[C@@H](CC(=O)O)C(=O)NCC(=O)N[C@@H](CC(N)=O)C(=O)N[C@@H](CC(=O)O)C(=O)NCC(=O)N[C@@H](Cc2ccc(O)cc2)C(=O)N[C@@H](C(C)C)C(=O)OC1C. The van der Waals surface area contributed by atoms with Crippen LogP contribution in [-0.4, -0.2) is 160 Å². The molecule has 0 saturated carbocycles. The van der Waals surface area contributed by atoms with Gasteiger partial charge in [-0.2, -0.15) is 0 Å². The Kier molecular flexibility index (Phi) is 30.5. The van der Waals surface area contributed by atoms with Crippen LogP contribution in [0.4, 0.5) is 0 Å². The van der Waals surface area contributed by atoms with Crippen molar-refractivity contribution in [3.63, 3.8) is 0 Å². The Bertz CT molecular complexity index is 2390. The number of aliphatic carboxylic acids is 2. The number of phenols is 1. The van der Waals surface area contributed by atoms with Gasteiger partial charge in [0.25, 0.3) is 0 Å². The lowest BCUT2D eigenvalue weighted by molar-refractivity contribution is -0.157. The zero-order valence-electron chi connectivity index (χ0n) is 46.1. The van der Waals surface area contributed by atoms with Gasteiger partial charge in [0.1, 0.15) is 54.1 Å². The number of carboxylic acid groups (broad SMARTS) is 2. The van der Waals surface area contributed by atoms with Gasteiger partial charge in [0.2, 0.25) is 65.0 Å². The molecule has 1 aliphatic heterocycles. The van der Waals surface area contributed by atoms with E-state index in [0.29, 0.717) is 18.4 Å². The number of nitrogens with two attached hydrogens (primary N) is 2.